The molecular weight excluding hydrogens is 192 g/mol. The summed E-state index contributed by atoms with van der Waals surface area (Å²) < 4.78 is 0. The van der Waals surface area contributed by atoms with Gasteiger partial charge in [-0.05, 0) is 44.2 Å². The van der Waals surface area contributed by atoms with Crippen molar-refractivity contribution in [3.8, 4) is 0 Å². The lowest BCUT2D eigenvalue weighted by Crippen LogP contribution is -1.99. The summed E-state index contributed by atoms with van der Waals surface area (Å²) in [6.45, 7) is 8.83. The molecule has 1 unspecified atom stereocenters. The molecule has 0 saturated heterocycles. The molecule has 16 heavy (non-hydrogen) atoms. The highest BCUT2D eigenvalue weighted by Gasteiger charge is 2.10. The minimum Gasteiger partial charge on any atom is -0.0786 e. The summed E-state index contributed by atoms with van der Waals surface area (Å²) in [6, 6.07) is 6.83. The van der Waals surface area contributed by atoms with Crippen LogP contribution < -0.4 is 0 Å². The third kappa shape index (κ3) is 2.44. The summed E-state index contributed by atoms with van der Waals surface area (Å²) >= 11 is 0. The van der Waals surface area contributed by atoms with Gasteiger partial charge in [0.2, 0.25) is 0 Å². The monoisotopic (exact) mass is 212 g/mol. The molecule has 0 amide bonds. The molecule has 84 valence electrons. The van der Waals surface area contributed by atoms with Gasteiger partial charge in [-0.15, -0.1) is 0 Å². The lowest BCUT2D eigenvalue weighted by atomic mass is 9.88. The number of allylic oxidation sites excluding steroid dienone is 4. The smallest absolute Gasteiger partial charge is 0.00667 e. The predicted octanol–water partition coefficient (Wildman–Crippen LogP) is 4.67. The van der Waals surface area contributed by atoms with Crippen molar-refractivity contribution in [2.24, 2.45) is 5.92 Å². The van der Waals surface area contributed by atoms with Gasteiger partial charge in [0.1, 0.15) is 0 Å². The van der Waals surface area contributed by atoms with E-state index in [1.54, 1.807) is 0 Å². The summed E-state index contributed by atoms with van der Waals surface area (Å²) in [5.41, 5.74) is 7.09. The van der Waals surface area contributed by atoms with Crippen LogP contribution >= 0.6 is 0 Å². The first-order chi connectivity index (χ1) is 7.54. The second kappa shape index (κ2) is 4.29. The lowest BCUT2D eigenvalue weighted by Gasteiger charge is -2.17. The van der Waals surface area contributed by atoms with Gasteiger partial charge in [-0.3, -0.25) is 0 Å². The molecule has 0 heterocycles. The van der Waals surface area contributed by atoms with Gasteiger partial charge < -0.3 is 0 Å². The first-order valence-electron chi connectivity index (χ1n) is 6.01. The fourth-order valence-electron chi connectivity index (χ4n) is 2.59. The average Bonchev–Trinajstić information content (AvgIpc) is 2.14. The minimum absolute atomic E-state index is 0.574. The van der Waals surface area contributed by atoms with Crippen molar-refractivity contribution in [3.05, 3.63) is 52.6 Å². The third-order valence-corrected chi connectivity index (χ3v) is 3.07. The van der Waals surface area contributed by atoms with Crippen LogP contribution in [0.3, 0.4) is 0 Å². The van der Waals surface area contributed by atoms with E-state index in [1.165, 1.54) is 27.8 Å². The Kier molecular flexibility index (Phi) is 3.00. The molecule has 1 aliphatic rings. The number of rotatable bonds is 1. The zero-order valence-electron chi connectivity index (χ0n) is 10.7. The molecule has 0 saturated carbocycles. The molecule has 0 fully saturated rings. The van der Waals surface area contributed by atoms with Crippen molar-refractivity contribution in [1.82, 2.24) is 0 Å². The second-order valence-electron chi connectivity index (χ2n) is 5.12. The highest BCUT2D eigenvalue weighted by molar-refractivity contribution is 5.70. The van der Waals surface area contributed by atoms with Crippen LogP contribution in [-0.2, 0) is 0 Å². The van der Waals surface area contributed by atoms with E-state index in [0.717, 1.165) is 6.42 Å². The van der Waals surface area contributed by atoms with Crippen LogP contribution in [0.25, 0.3) is 5.57 Å². The van der Waals surface area contributed by atoms with Gasteiger partial charge in [0, 0.05) is 0 Å². The van der Waals surface area contributed by atoms with E-state index >= 15 is 0 Å². The Hall–Kier alpha value is -1.30. The number of hydrogen-bond acceptors (Lipinski definition) is 0. The molecule has 0 radical (unpaired) electrons. The van der Waals surface area contributed by atoms with Crippen LogP contribution in [-0.4, -0.2) is 0 Å². The maximum atomic E-state index is 2.39. The molecule has 1 aromatic carbocycles. The van der Waals surface area contributed by atoms with E-state index in [2.05, 4.69) is 58.0 Å². The van der Waals surface area contributed by atoms with Gasteiger partial charge in [0.15, 0.2) is 0 Å². The molecule has 0 heteroatoms. The molecule has 2 rings (SSSR count). The summed E-state index contributed by atoms with van der Waals surface area (Å²) in [5.74, 6) is 0.574. The zero-order chi connectivity index (χ0) is 11.7. The summed E-state index contributed by atoms with van der Waals surface area (Å²) in [6.07, 6.45) is 5.85. The van der Waals surface area contributed by atoms with Crippen molar-refractivity contribution in [2.75, 3.05) is 0 Å². The normalized spacial score (nSPS) is 20.4. The molecule has 1 atom stereocenters. The highest BCUT2D eigenvalue weighted by Crippen LogP contribution is 2.30. The van der Waals surface area contributed by atoms with Crippen molar-refractivity contribution in [3.63, 3.8) is 0 Å². The Balaban J connectivity index is 2.38. The molecule has 1 aliphatic carbocycles. The lowest BCUT2D eigenvalue weighted by molar-refractivity contribution is 0.893. The molecular formula is C16H20. The Morgan fingerprint density at radius 2 is 1.56 bits per heavy atom. The van der Waals surface area contributed by atoms with Crippen LogP contribution in [0.4, 0.5) is 0 Å². The first-order valence-corrected chi connectivity index (χ1v) is 6.01. The third-order valence-electron chi connectivity index (χ3n) is 3.07. The van der Waals surface area contributed by atoms with Gasteiger partial charge >= 0.3 is 0 Å². The first kappa shape index (κ1) is 11.2. The van der Waals surface area contributed by atoms with Crippen LogP contribution in [0.5, 0.6) is 0 Å². The standard InChI is InChI=1S/C16H20/c1-11-5-12(2)8-15(7-11)16-9-13(3)6-14(4)10-16/h5-9,13H,10H2,1-4H3. The Morgan fingerprint density at radius 3 is 2.12 bits per heavy atom. The fourth-order valence-corrected chi connectivity index (χ4v) is 2.59. The molecule has 0 nitrogen and oxygen atoms in total. The number of hydrogen-bond donors (Lipinski definition) is 0. The summed E-state index contributed by atoms with van der Waals surface area (Å²) in [7, 11) is 0. The van der Waals surface area contributed by atoms with E-state index < -0.39 is 0 Å². The van der Waals surface area contributed by atoms with Crippen LogP contribution in [0, 0.1) is 19.8 Å². The topological polar surface area (TPSA) is 0 Å². The van der Waals surface area contributed by atoms with Crippen LogP contribution in [0.1, 0.15) is 37.0 Å². The fraction of sp³-hybridized carbons (Fsp3) is 0.375. The molecule has 0 aromatic heterocycles. The molecule has 1 aromatic rings. The largest absolute Gasteiger partial charge is 0.0786 e. The van der Waals surface area contributed by atoms with Gasteiger partial charge in [-0.1, -0.05) is 54.0 Å². The van der Waals surface area contributed by atoms with Crippen LogP contribution in [0.2, 0.25) is 0 Å². The molecule has 0 bridgehead atoms. The molecule has 0 aliphatic heterocycles. The van der Waals surface area contributed by atoms with Crippen molar-refractivity contribution >= 4 is 5.57 Å². The number of aryl methyl sites for hydroxylation is 2. The number of benzene rings is 1. The van der Waals surface area contributed by atoms with E-state index in [0.29, 0.717) is 5.92 Å². The zero-order valence-corrected chi connectivity index (χ0v) is 10.7. The van der Waals surface area contributed by atoms with E-state index in [-0.39, 0.29) is 0 Å². The van der Waals surface area contributed by atoms with E-state index in [4.69, 9.17) is 0 Å². The van der Waals surface area contributed by atoms with Gasteiger partial charge in [-0.25, -0.2) is 0 Å². The van der Waals surface area contributed by atoms with Crippen molar-refractivity contribution in [2.45, 2.75) is 34.1 Å². The minimum atomic E-state index is 0.574. The average molecular weight is 212 g/mol. The summed E-state index contributed by atoms with van der Waals surface area (Å²) in [4.78, 5) is 0. The maximum absolute atomic E-state index is 2.39. The van der Waals surface area contributed by atoms with E-state index in [9.17, 15) is 0 Å². The summed E-state index contributed by atoms with van der Waals surface area (Å²) in [5, 5.41) is 0. The van der Waals surface area contributed by atoms with Gasteiger partial charge in [0.25, 0.3) is 0 Å². The predicted molar refractivity (Wildman–Crippen MR) is 71.4 cm³/mol. The van der Waals surface area contributed by atoms with Crippen molar-refractivity contribution < 1.29 is 0 Å². The van der Waals surface area contributed by atoms with Crippen molar-refractivity contribution in [1.29, 1.82) is 0 Å². The Labute approximate surface area is 98.7 Å². The van der Waals surface area contributed by atoms with Gasteiger partial charge in [-0.2, -0.15) is 0 Å². The quantitative estimate of drug-likeness (QED) is 0.593. The van der Waals surface area contributed by atoms with E-state index in [1.807, 2.05) is 0 Å². The van der Waals surface area contributed by atoms with Gasteiger partial charge in [0.05, 0.1) is 0 Å². The Bertz CT molecular complexity index is 441. The van der Waals surface area contributed by atoms with Crippen LogP contribution in [0.15, 0.2) is 35.9 Å². The second-order valence-corrected chi connectivity index (χ2v) is 5.12. The maximum Gasteiger partial charge on any atom is -0.00667 e. The highest BCUT2D eigenvalue weighted by atomic mass is 14.2. The molecule has 0 N–H and O–H groups in total. The molecule has 0 spiro atoms. The Morgan fingerprint density at radius 1 is 0.938 bits per heavy atom. The SMILES string of the molecule is CC1=CC(C)C=C(c2cc(C)cc(C)c2)C1.